The van der Waals surface area contributed by atoms with Crippen molar-refractivity contribution in [2.75, 3.05) is 19.9 Å². The molecule has 0 saturated heterocycles. The number of hydrogen-bond donors (Lipinski definition) is 1. The second-order valence-electron chi connectivity index (χ2n) is 4.47. The second kappa shape index (κ2) is 8.11. The van der Waals surface area contributed by atoms with Crippen LogP contribution in [0.5, 0.6) is 5.75 Å². The van der Waals surface area contributed by atoms with E-state index >= 15 is 0 Å². The predicted molar refractivity (Wildman–Crippen MR) is 70.7 cm³/mol. The zero-order valence-electron chi connectivity index (χ0n) is 11.7. The summed E-state index contributed by atoms with van der Waals surface area (Å²) in [6.45, 7) is 3.37. The molecule has 6 heteroatoms. The Bertz CT molecular complexity index is 379. The molecule has 0 heterocycles. The Balaban J connectivity index is 2.35. The Morgan fingerprint density at radius 1 is 1.20 bits per heavy atom. The van der Waals surface area contributed by atoms with Gasteiger partial charge in [0.25, 0.3) is 0 Å². The summed E-state index contributed by atoms with van der Waals surface area (Å²) in [6.07, 6.45) is -3.27. The minimum atomic E-state index is -4.33. The Labute approximate surface area is 117 Å². The SMILES string of the molecule is CCCNC(C)c1ccc(OCOCC(F)(F)F)cc1. The van der Waals surface area contributed by atoms with Crippen LogP contribution in [0.15, 0.2) is 24.3 Å². The smallest absolute Gasteiger partial charge is 0.411 e. The number of ether oxygens (including phenoxy) is 2. The van der Waals surface area contributed by atoms with Gasteiger partial charge in [0.05, 0.1) is 0 Å². The quantitative estimate of drug-likeness (QED) is 0.585. The lowest BCUT2D eigenvalue weighted by atomic mass is 10.1. The van der Waals surface area contributed by atoms with Crippen LogP contribution in [0, 0.1) is 0 Å². The maximum Gasteiger partial charge on any atom is 0.411 e. The van der Waals surface area contributed by atoms with Gasteiger partial charge in [-0.1, -0.05) is 19.1 Å². The van der Waals surface area contributed by atoms with Gasteiger partial charge in [0.2, 0.25) is 0 Å². The highest BCUT2D eigenvalue weighted by molar-refractivity contribution is 5.28. The van der Waals surface area contributed by atoms with Gasteiger partial charge in [-0.15, -0.1) is 0 Å². The minimum absolute atomic E-state index is 0.227. The van der Waals surface area contributed by atoms with E-state index in [1.165, 1.54) is 0 Å². The van der Waals surface area contributed by atoms with Gasteiger partial charge in [-0.05, 0) is 37.6 Å². The summed E-state index contributed by atoms with van der Waals surface area (Å²) in [7, 11) is 0. The Morgan fingerprint density at radius 3 is 2.40 bits per heavy atom. The second-order valence-corrected chi connectivity index (χ2v) is 4.47. The highest BCUT2D eigenvalue weighted by Gasteiger charge is 2.27. The largest absolute Gasteiger partial charge is 0.468 e. The molecule has 0 fully saturated rings. The number of benzene rings is 1. The summed E-state index contributed by atoms with van der Waals surface area (Å²) in [5.41, 5.74) is 1.10. The lowest BCUT2D eigenvalue weighted by molar-refractivity contribution is -0.186. The molecule has 1 N–H and O–H groups in total. The molecule has 1 rings (SSSR count). The van der Waals surface area contributed by atoms with Crippen molar-refractivity contribution in [3.05, 3.63) is 29.8 Å². The Morgan fingerprint density at radius 2 is 1.85 bits per heavy atom. The molecule has 0 radical (unpaired) electrons. The van der Waals surface area contributed by atoms with Crippen LogP contribution in [0.1, 0.15) is 31.9 Å². The molecule has 0 saturated carbocycles. The summed E-state index contributed by atoms with van der Waals surface area (Å²) in [6, 6.07) is 7.43. The molecule has 0 aliphatic rings. The van der Waals surface area contributed by atoms with E-state index in [0.29, 0.717) is 5.75 Å². The first-order valence-electron chi connectivity index (χ1n) is 6.53. The van der Waals surface area contributed by atoms with Crippen LogP contribution >= 0.6 is 0 Å². The van der Waals surface area contributed by atoms with Gasteiger partial charge in [0.15, 0.2) is 6.79 Å². The summed E-state index contributed by atoms with van der Waals surface area (Å²) in [5.74, 6) is 0.485. The fourth-order valence-corrected chi connectivity index (χ4v) is 1.60. The Kier molecular flexibility index (Phi) is 6.81. The van der Waals surface area contributed by atoms with Crippen molar-refractivity contribution in [3.8, 4) is 5.75 Å². The van der Waals surface area contributed by atoms with Crippen LogP contribution in [0.25, 0.3) is 0 Å². The van der Waals surface area contributed by atoms with Crippen molar-refractivity contribution >= 4 is 0 Å². The van der Waals surface area contributed by atoms with Crippen LogP contribution < -0.4 is 10.1 Å². The zero-order valence-corrected chi connectivity index (χ0v) is 11.7. The molecular weight excluding hydrogens is 271 g/mol. The van der Waals surface area contributed by atoms with Gasteiger partial charge in [-0.2, -0.15) is 13.2 Å². The molecular formula is C14H20F3NO2. The van der Waals surface area contributed by atoms with E-state index in [1.807, 2.05) is 12.1 Å². The van der Waals surface area contributed by atoms with Crippen molar-refractivity contribution in [2.24, 2.45) is 0 Å². The molecule has 0 aliphatic carbocycles. The number of nitrogens with one attached hydrogen (secondary N) is 1. The van der Waals surface area contributed by atoms with Crippen molar-refractivity contribution in [3.63, 3.8) is 0 Å². The summed E-state index contributed by atoms with van der Waals surface area (Å²) in [4.78, 5) is 0. The van der Waals surface area contributed by atoms with E-state index in [4.69, 9.17) is 4.74 Å². The van der Waals surface area contributed by atoms with Crippen LogP contribution in [0.4, 0.5) is 13.2 Å². The van der Waals surface area contributed by atoms with E-state index in [1.54, 1.807) is 12.1 Å². The topological polar surface area (TPSA) is 30.5 Å². The van der Waals surface area contributed by atoms with Crippen molar-refractivity contribution < 1.29 is 22.6 Å². The molecule has 0 bridgehead atoms. The van der Waals surface area contributed by atoms with E-state index in [2.05, 4.69) is 23.9 Å². The molecule has 1 unspecified atom stereocenters. The fourth-order valence-electron chi connectivity index (χ4n) is 1.60. The number of halogens is 3. The van der Waals surface area contributed by atoms with Crippen molar-refractivity contribution in [2.45, 2.75) is 32.5 Å². The average Bonchev–Trinajstić information content (AvgIpc) is 2.40. The number of alkyl halides is 3. The predicted octanol–water partition coefficient (Wildman–Crippen LogP) is 3.66. The fraction of sp³-hybridized carbons (Fsp3) is 0.571. The average molecular weight is 291 g/mol. The molecule has 0 aromatic heterocycles. The zero-order chi connectivity index (χ0) is 15.0. The molecule has 1 atom stereocenters. The Hall–Kier alpha value is -1.27. The molecule has 0 amide bonds. The first-order valence-corrected chi connectivity index (χ1v) is 6.53. The van der Waals surface area contributed by atoms with Crippen LogP contribution in [0.3, 0.4) is 0 Å². The van der Waals surface area contributed by atoms with Gasteiger partial charge in [0, 0.05) is 6.04 Å². The monoisotopic (exact) mass is 291 g/mol. The third-order valence-corrected chi connectivity index (χ3v) is 2.66. The maximum absolute atomic E-state index is 11.8. The molecule has 1 aromatic rings. The third-order valence-electron chi connectivity index (χ3n) is 2.66. The number of rotatable bonds is 8. The van der Waals surface area contributed by atoms with Gasteiger partial charge >= 0.3 is 6.18 Å². The van der Waals surface area contributed by atoms with E-state index in [0.717, 1.165) is 18.5 Å². The standard InChI is InChI=1S/C14H20F3NO2/c1-3-8-18-11(2)12-4-6-13(7-5-12)20-10-19-9-14(15,16)17/h4-7,11,18H,3,8-10H2,1-2H3. The molecule has 114 valence electrons. The van der Waals surface area contributed by atoms with E-state index < -0.39 is 19.6 Å². The molecule has 0 aliphatic heterocycles. The van der Waals surface area contributed by atoms with E-state index in [-0.39, 0.29) is 6.04 Å². The van der Waals surface area contributed by atoms with Crippen LogP contribution in [-0.4, -0.2) is 26.1 Å². The minimum Gasteiger partial charge on any atom is -0.468 e. The highest BCUT2D eigenvalue weighted by Crippen LogP contribution is 2.18. The third kappa shape index (κ3) is 6.77. The molecule has 0 spiro atoms. The first kappa shape index (κ1) is 16.8. The normalized spacial score (nSPS) is 13.2. The maximum atomic E-state index is 11.8. The first-order chi connectivity index (χ1) is 9.42. The number of hydrogen-bond acceptors (Lipinski definition) is 3. The molecule has 20 heavy (non-hydrogen) atoms. The lowest BCUT2D eigenvalue weighted by Gasteiger charge is -2.14. The molecule has 3 nitrogen and oxygen atoms in total. The highest BCUT2D eigenvalue weighted by atomic mass is 19.4. The van der Waals surface area contributed by atoms with Gasteiger partial charge < -0.3 is 14.8 Å². The van der Waals surface area contributed by atoms with Crippen molar-refractivity contribution in [1.82, 2.24) is 5.32 Å². The summed E-state index contributed by atoms with van der Waals surface area (Å²) in [5, 5.41) is 3.35. The summed E-state index contributed by atoms with van der Waals surface area (Å²) >= 11 is 0. The van der Waals surface area contributed by atoms with Gasteiger partial charge in [0.1, 0.15) is 12.4 Å². The molecule has 1 aromatic carbocycles. The van der Waals surface area contributed by atoms with Crippen molar-refractivity contribution in [1.29, 1.82) is 0 Å². The van der Waals surface area contributed by atoms with Gasteiger partial charge in [-0.25, -0.2) is 0 Å². The van der Waals surface area contributed by atoms with Crippen LogP contribution in [0.2, 0.25) is 0 Å². The van der Waals surface area contributed by atoms with Crippen LogP contribution in [-0.2, 0) is 4.74 Å². The van der Waals surface area contributed by atoms with Gasteiger partial charge in [-0.3, -0.25) is 0 Å². The summed E-state index contributed by atoms with van der Waals surface area (Å²) < 4.78 is 45.0. The lowest BCUT2D eigenvalue weighted by Crippen LogP contribution is -2.19. The van der Waals surface area contributed by atoms with E-state index in [9.17, 15) is 13.2 Å².